The molecule has 0 spiro atoms. The first kappa shape index (κ1) is 16.7. The van der Waals surface area contributed by atoms with Crippen molar-refractivity contribution < 1.29 is 14.3 Å². The summed E-state index contributed by atoms with van der Waals surface area (Å²) in [5.74, 6) is -0.770. The summed E-state index contributed by atoms with van der Waals surface area (Å²) in [7, 11) is 0. The van der Waals surface area contributed by atoms with Gasteiger partial charge in [-0.3, -0.25) is 4.79 Å². The number of amides is 1. The van der Waals surface area contributed by atoms with Crippen molar-refractivity contribution in [3.8, 4) is 0 Å². The summed E-state index contributed by atoms with van der Waals surface area (Å²) in [6.45, 7) is 4.09. The van der Waals surface area contributed by atoms with Crippen molar-refractivity contribution in [2.45, 2.75) is 20.3 Å². The molecule has 23 heavy (non-hydrogen) atoms. The second-order valence-corrected chi connectivity index (χ2v) is 5.54. The number of nitrogens with one attached hydrogen (secondary N) is 1. The van der Waals surface area contributed by atoms with E-state index >= 15 is 0 Å². The maximum absolute atomic E-state index is 11.9. The zero-order chi connectivity index (χ0) is 16.7. The smallest absolute Gasteiger partial charge is 0.338 e. The Hall–Kier alpha value is -2.62. The number of hydrogen-bond acceptors (Lipinski definition) is 3. The van der Waals surface area contributed by atoms with Gasteiger partial charge in [0.2, 0.25) is 0 Å². The Labute approximate surface area is 136 Å². The highest BCUT2D eigenvalue weighted by Crippen LogP contribution is 2.10. The van der Waals surface area contributed by atoms with Gasteiger partial charge in [0.25, 0.3) is 5.91 Å². The summed E-state index contributed by atoms with van der Waals surface area (Å²) in [4.78, 5) is 23.7. The van der Waals surface area contributed by atoms with Crippen LogP contribution in [0.15, 0.2) is 48.5 Å². The largest absolute Gasteiger partial charge is 0.452 e. The molecule has 0 saturated carbocycles. The summed E-state index contributed by atoms with van der Waals surface area (Å²) in [5.41, 5.74) is 3.60. The van der Waals surface area contributed by atoms with Crippen molar-refractivity contribution in [1.82, 2.24) is 5.32 Å². The molecule has 0 atom stereocenters. The third-order valence-electron chi connectivity index (χ3n) is 3.37. The van der Waals surface area contributed by atoms with E-state index in [1.807, 2.05) is 50.2 Å². The quantitative estimate of drug-likeness (QED) is 0.835. The molecule has 0 radical (unpaired) electrons. The first-order valence-electron chi connectivity index (χ1n) is 7.60. The summed E-state index contributed by atoms with van der Waals surface area (Å²) in [6.07, 6.45) is 0.748. The number of carbonyl (C=O) groups is 2. The van der Waals surface area contributed by atoms with Crippen molar-refractivity contribution in [2.75, 3.05) is 13.2 Å². The SMILES string of the molecule is Cc1cc(C)cc(C(=O)OCC(=O)NCCc2ccccc2)c1. The standard InChI is InChI=1S/C19H21NO3/c1-14-10-15(2)12-17(11-14)19(22)23-13-18(21)20-9-8-16-6-4-3-5-7-16/h3-7,10-12H,8-9,13H2,1-2H3,(H,20,21). The van der Waals surface area contributed by atoms with Gasteiger partial charge in [-0.25, -0.2) is 4.79 Å². The summed E-state index contributed by atoms with van der Waals surface area (Å²) in [6, 6.07) is 15.4. The fourth-order valence-corrected chi connectivity index (χ4v) is 2.35. The average molecular weight is 311 g/mol. The molecule has 0 heterocycles. The maximum atomic E-state index is 11.9. The lowest BCUT2D eigenvalue weighted by Crippen LogP contribution is -2.30. The van der Waals surface area contributed by atoms with Crippen LogP contribution in [0.3, 0.4) is 0 Å². The topological polar surface area (TPSA) is 55.4 Å². The highest BCUT2D eigenvalue weighted by molar-refractivity contribution is 5.91. The van der Waals surface area contributed by atoms with E-state index < -0.39 is 5.97 Å². The van der Waals surface area contributed by atoms with Gasteiger partial charge in [0, 0.05) is 6.54 Å². The molecule has 2 aromatic rings. The van der Waals surface area contributed by atoms with Gasteiger partial charge in [-0.1, -0.05) is 47.5 Å². The molecule has 1 amide bonds. The minimum atomic E-state index is -0.477. The molecule has 4 nitrogen and oxygen atoms in total. The van der Waals surface area contributed by atoms with Gasteiger partial charge in [-0.2, -0.15) is 0 Å². The van der Waals surface area contributed by atoms with Crippen molar-refractivity contribution >= 4 is 11.9 Å². The van der Waals surface area contributed by atoms with Gasteiger partial charge in [0.05, 0.1) is 5.56 Å². The van der Waals surface area contributed by atoms with Gasteiger partial charge < -0.3 is 10.1 Å². The number of carbonyl (C=O) groups excluding carboxylic acids is 2. The number of ether oxygens (including phenoxy) is 1. The molecule has 0 saturated heterocycles. The van der Waals surface area contributed by atoms with Gasteiger partial charge >= 0.3 is 5.97 Å². The van der Waals surface area contributed by atoms with Crippen LogP contribution in [0.2, 0.25) is 0 Å². The zero-order valence-corrected chi connectivity index (χ0v) is 13.5. The molecule has 0 aliphatic rings. The van der Waals surface area contributed by atoms with E-state index in [2.05, 4.69) is 5.32 Å². The van der Waals surface area contributed by atoms with E-state index in [0.29, 0.717) is 12.1 Å². The fraction of sp³-hybridized carbons (Fsp3) is 0.263. The second kappa shape index (κ2) is 8.13. The first-order chi connectivity index (χ1) is 11.0. The van der Waals surface area contributed by atoms with Gasteiger partial charge in [-0.15, -0.1) is 0 Å². The van der Waals surface area contributed by atoms with E-state index in [4.69, 9.17) is 4.74 Å². The summed E-state index contributed by atoms with van der Waals surface area (Å²) < 4.78 is 5.05. The molecule has 2 aromatic carbocycles. The van der Waals surface area contributed by atoms with Crippen LogP contribution < -0.4 is 5.32 Å². The third kappa shape index (κ3) is 5.58. The molecule has 0 aromatic heterocycles. The predicted octanol–water partition coefficient (Wildman–Crippen LogP) is 2.82. The zero-order valence-electron chi connectivity index (χ0n) is 13.5. The summed E-state index contributed by atoms with van der Waals surface area (Å²) in [5, 5.41) is 2.74. The van der Waals surface area contributed by atoms with Crippen molar-refractivity contribution in [3.63, 3.8) is 0 Å². The van der Waals surface area contributed by atoms with Gasteiger partial charge in [-0.05, 0) is 38.0 Å². The molecule has 0 unspecified atom stereocenters. The molecule has 0 bridgehead atoms. The normalized spacial score (nSPS) is 10.2. The van der Waals surface area contributed by atoms with Crippen molar-refractivity contribution in [3.05, 3.63) is 70.8 Å². The second-order valence-electron chi connectivity index (χ2n) is 5.54. The molecular weight excluding hydrogens is 290 g/mol. The minimum absolute atomic E-state index is 0.263. The van der Waals surface area contributed by atoms with Crippen LogP contribution in [-0.2, 0) is 16.0 Å². The number of benzene rings is 2. The monoisotopic (exact) mass is 311 g/mol. The van der Waals surface area contributed by atoms with E-state index in [0.717, 1.165) is 23.1 Å². The molecule has 1 N–H and O–H groups in total. The third-order valence-corrected chi connectivity index (χ3v) is 3.37. The number of rotatable bonds is 6. The molecule has 4 heteroatoms. The number of aryl methyl sites for hydroxylation is 2. The van der Waals surface area contributed by atoms with Gasteiger partial charge in [0.15, 0.2) is 6.61 Å². The van der Waals surface area contributed by atoms with Crippen molar-refractivity contribution in [1.29, 1.82) is 0 Å². The Balaban J connectivity index is 1.74. The Morgan fingerprint density at radius 3 is 2.30 bits per heavy atom. The van der Waals surface area contributed by atoms with Crippen LogP contribution >= 0.6 is 0 Å². The first-order valence-corrected chi connectivity index (χ1v) is 7.60. The van der Waals surface area contributed by atoms with Crippen LogP contribution in [-0.4, -0.2) is 25.0 Å². The fourth-order valence-electron chi connectivity index (χ4n) is 2.35. The number of hydrogen-bond donors (Lipinski definition) is 1. The van der Waals surface area contributed by atoms with E-state index in [1.165, 1.54) is 0 Å². The lowest BCUT2D eigenvalue weighted by atomic mass is 10.1. The lowest BCUT2D eigenvalue weighted by molar-refractivity contribution is -0.124. The summed E-state index contributed by atoms with van der Waals surface area (Å²) >= 11 is 0. The molecule has 0 fully saturated rings. The minimum Gasteiger partial charge on any atom is -0.452 e. The van der Waals surface area contributed by atoms with E-state index in [1.54, 1.807) is 12.1 Å². The lowest BCUT2D eigenvalue weighted by Gasteiger charge is -2.08. The van der Waals surface area contributed by atoms with E-state index in [-0.39, 0.29) is 12.5 Å². The van der Waals surface area contributed by atoms with Crippen LogP contribution in [0.25, 0.3) is 0 Å². The molecule has 0 aliphatic heterocycles. The average Bonchev–Trinajstić information content (AvgIpc) is 2.52. The highest BCUT2D eigenvalue weighted by Gasteiger charge is 2.10. The Morgan fingerprint density at radius 1 is 1.00 bits per heavy atom. The molecular formula is C19H21NO3. The van der Waals surface area contributed by atoms with Crippen LogP contribution in [0.5, 0.6) is 0 Å². The van der Waals surface area contributed by atoms with Crippen molar-refractivity contribution in [2.24, 2.45) is 0 Å². The highest BCUT2D eigenvalue weighted by atomic mass is 16.5. The van der Waals surface area contributed by atoms with Crippen LogP contribution in [0.4, 0.5) is 0 Å². The van der Waals surface area contributed by atoms with E-state index in [9.17, 15) is 9.59 Å². The van der Waals surface area contributed by atoms with Gasteiger partial charge in [0.1, 0.15) is 0 Å². The Bertz CT molecular complexity index is 660. The maximum Gasteiger partial charge on any atom is 0.338 e. The molecule has 120 valence electrons. The molecule has 0 aliphatic carbocycles. The Morgan fingerprint density at radius 2 is 1.65 bits per heavy atom. The predicted molar refractivity (Wildman–Crippen MR) is 89.4 cm³/mol. The number of esters is 1. The van der Waals surface area contributed by atoms with Crippen LogP contribution in [0.1, 0.15) is 27.0 Å². The van der Waals surface area contributed by atoms with Crippen LogP contribution in [0, 0.1) is 13.8 Å². The molecule has 2 rings (SSSR count). The Kier molecular flexibility index (Phi) is 5.92.